The van der Waals surface area contributed by atoms with Crippen LogP contribution >= 0.6 is 11.8 Å². The molecule has 0 bridgehead atoms. The van der Waals surface area contributed by atoms with Crippen LogP contribution < -0.4 is 4.74 Å². The minimum atomic E-state index is -0.402. The monoisotopic (exact) mass is 536 g/mol. The minimum absolute atomic E-state index is 0.00132. The van der Waals surface area contributed by atoms with E-state index < -0.39 is 4.92 Å². The summed E-state index contributed by atoms with van der Waals surface area (Å²) in [6.07, 6.45) is 13.5. The molecule has 1 aliphatic heterocycles. The number of aliphatic imine (C=N–C) groups is 1. The minimum Gasteiger partial charge on any atom is -0.495 e. The maximum Gasteiger partial charge on any atom is 0.271 e. The van der Waals surface area contributed by atoms with Gasteiger partial charge in [0.25, 0.3) is 11.6 Å². The van der Waals surface area contributed by atoms with Crippen LogP contribution in [0.25, 0.3) is 11.8 Å². The first kappa shape index (κ1) is 26.5. The summed E-state index contributed by atoms with van der Waals surface area (Å²) in [7, 11) is 1.56. The van der Waals surface area contributed by atoms with Gasteiger partial charge in [-0.25, -0.2) is 0 Å². The number of thioether (sulfide) groups is 1. The number of amides is 1. The molecule has 2 saturated carbocycles. The summed E-state index contributed by atoms with van der Waals surface area (Å²) in [4.78, 5) is 32.7. The SMILES string of the molecule is COc1ccc([N+](=O)[O-])cc1-n1c(C)cc(C=C2SC(=NC3CCCCC3)N(C3CCCCC3)C2=O)c1C. The van der Waals surface area contributed by atoms with Crippen LogP contribution in [-0.2, 0) is 4.79 Å². The lowest BCUT2D eigenvalue weighted by atomic mass is 9.94. The molecule has 0 spiro atoms. The summed E-state index contributed by atoms with van der Waals surface area (Å²) in [5.74, 6) is 0.600. The topological polar surface area (TPSA) is 90.0 Å². The van der Waals surface area contributed by atoms with Gasteiger partial charge in [0.15, 0.2) is 5.17 Å². The zero-order valence-corrected chi connectivity index (χ0v) is 23.3. The highest BCUT2D eigenvalue weighted by Crippen LogP contribution is 2.39. The molecule has 0 radical (unpaired) electrons. The van der Waals surface area contributed by atoms with Crippen LogP contribution in [0, 0.1) is 24.0 Å². The molecule has 1 aromatic carbocycles. The predicted molar refractivity (Wildman–Crippen MR) is 152 cm³/mol. The Morgan fingerprint density at radius 2 is 1.74 bits per heavy atom. The van der Waals surface area contributed by atoms with E-state index in [9.17, 15) is 14.9 Å². The van der Waals surface area contributed by atoms with E-state index in [0.717, 1.165) is 60.6 Å². The molecule has 1 saturated heterocycles. The Balaban J connectivity index is 1.52. The van der Waals surface area contributed by atoms with Crippen LogP contribution in [0.15, 0.2) is 34.2 Å². The molecular formula is C29H36N4O4S. The molecule has 3 aliphatic rings. The second-order valence-electron chi connectivity index (χ2n) is 10.6. The van der Waals surface area contributed by atoms with Crippen molar-refractivity contribution in [1.82, 2.24) is 9.47 Å². The van der Waals surface area contributed by atoms with Crippen LogP contribution in [0.2, 0.25) is 0 Å². The fourth-order valence-electron chi connectivity index (χ4n) is 6.02. The lowest BCUT2D eigenvalue weighted by Gasteiger charge is -2.31. The molecule has 2 heterocycles. The summed E-state index contributed by atoms with van der Waals surface area (Å²) in [5.41, 5.74) is 3.32. The molecule has 3 fully saturated rings. The Kier molecular flexibility index (Phi) is 7.93. The number of nitro groups is 1. The molecule has 1 amide bonds. The number of ether oxygens (including phenoxy) is 1. The molecule has 38 heavy (non-hydrogen) atoms. The molecule has 2 aromatic rings. The third-order valence-corrected chi connectivity index (χ3v) is 9.01. The largest absolute Gasteiger partial charge is 0.495 e. The Morgan fingerprint density at radius 3 is 2.39 bits per heavy atom. The summed E-state index contributed by atoms with van der Waals surface area (Å²) in [6, 6.07) is 7.15. The first-order valence-corrected chi connectivity index (χ1v) is 14.5. The number of carbonyl (C=O) groups excluding carboxylic acids is 1. The van der Waals surface area contributed by atoms with Crippen LogP contribution in [0.1, 0.15) is 81.2 Å². The van der Waals surface area contributed by atoms with E-state index in [1.54, 1.807) is 13.2 Å². The van der Waals surface area contributed by atoms with Crippen molar-refractivity contribution in [1.29, 1.82) is 0 Å². The van der Waals surface area contributed by atoms with Crippen LogP contribution in [0.5, 0.6) is 5.75 Å². The van der Waals surface area contributed by atoms with Gasteiger partial charge in [-0.2, -0.15) is 0 Å². The number of nitrogens with zero attached hydrogens (tertiary/aromatic N) is 4. The fraction of sp³-hybridized carbons (Fsp3) is 0.517. The second kappa shape index (κ2) is 11.4. The van der Waals surface area contributed by atoms with Gasteiger partial charge in [0, 0.05) is 29.6 Å². The number of hydrogen-bond donors (Lipinski definition) is 0. The van der Waals surface area contributed by atoms with Gasteiger partial charge in [-0.05, 0) is 75.1 Å². The molecular weight excluding hydrogens is 500 g/mol. The van der Waals surface area contributed by atoms with Gasteiger partial charge < -0.3 is 9.30 Å². The van der Waals surface area contributed by atoms with E-state index in [4.69, 9.17) is 9.73 Å². The van der Waals surface area contributed by atoms with Gasteiger partial charge in [0.1, 0.15) is 5.75 Å². The van der Waals surface area contributed by atoms with E-state index in [0.29, 0.717) is 22.4 Å². The zero-order valence-electron chi connectivity index (χ0n) is 22.4. The molecule has 0 unspecified atom stereocenters. The fourth-order valence-corrected chi connectivity index (χ4v) is 7.12. The van der Waals surface area contributed by atoms with E-state index >= 15 is 0 Å². The average molecular weight is 537 g/mol. The highest BCUT2D eigenvalue weighted by Gasteiger charge is 2.39. The third-order valence-electron chi connectivity index (χ3n) is 8.02. The Labute approximate surface area is 228 Å². The van der Waals surface area contributed by atoms with Crippen molar-refractivity contribution in [3.8, 4) is 11.4 Å². The normalized spacial score (nSPS) is 21.6. The van der Waals surface area contributed by atoms with Crippen molar-refractivity contribution in [2.45, 2.75) is 90.1 Å². The van der Waals surface area contributed by atoms with Crippen molar-refractivity contribution in [2.75, 3.05) is 7.11 Å². The molecule has 202 valence electrons. The zero-order chi connectivity index (χ0) is 26.8. The number of rotatable bonds is 6. The molecule has 5 rings (SSSR count). The van der Waals surface area contributed by atoms with E-state index in [-0.39, 0.29) is 17.6 Å². The Morgan fingerprint density at radius 1 is 1.05 bits per heavy atom. The van der Waals surface area contributed by atoms with Gasteiger partial charge in [-0.1, -0.05) is 38.5 Å². The number of benzene rings is 1. The average Bonchev–Trinajstić information content (AvgIpc) is 3.38. The first-order chi connectivity index (χ1) is 18.4. The second-order valence-corrected chi connectivity index (χ2v) is 11.6. The van der Waals surface area contributed by atoms with Crippen LogP contribution in [0.3, 0.4) is 0 Å². The van der Waals surface area contributed by atoms with Gasteiger partial charge >= 0.3 is 0 Å². The van der Waals surface area contributed by atoms with Gasteiger partial charge in [0.05, 0.1) is 28.7 Å². The standard InChI is InChI=1S/C29H36N4O4S/c1-19-16-21(20(2)31(19)25-18-24(33(35)36)14-15-26(25)37-3)17-27-28(34)32(23-12-8-5-9-13-23)29(38-27)30-22-10-6-4-7-11-22/h14-18,22-23H,4-13H2,1-3H3. The van der Waals surface area contributed by atoms with Gasteiger partial charge in [-0.15, -0.1) is 0 Å². The number of aromatic nitrogens is 1. The number of nitro benzene ring substituents is 1. The number of carbonyl (C=O) groups is 1. The molecule has 9 heteroatoms. The predicted octanol–water partition coefficient (Wildman–Crippen LogP) is 6.95. The summed E-state index contributed by atoms with van der Waals surface area (Å²) >= 11 is 1.51. The van der Waals surface area contributed by atoms with E-state index in [1.165, 1.54) is 49.6 Å². The Hall–Kier alpha value is -3.07. The number of hydrogen-bond acceptors (Lipinski definition) is 6. The maximum atomic E-state index is 13.8. The smallest absolute Gasteiger partial charge is 0.271 e. The number of non-ortho nitro benzene ring substituents is 1. The van der Waals surface area contributed by atoms with E-state index in [2.05, 4.69) is 0 Å². The molecule has 2 aliphatic carbocycles. The van der Waals surface area contributed by atoms with Gasteiger partial charge in [0.2, 0.25) is 0 Å². The lowest BCUT2D eigenvalue weighted by Crippen LogP contribution is -2.41. The number of aryl methyl sites for hydroxylation is 1. The van der Waals surface area contributed by atoms with Crippen molar-refractivity contribution >= 4 is 34.6 Å². The van der Waals surface area contributed by atoms with Crippen molar-refractivity contribution < 1.29 is 14.5 Å². The molecule has 0 atom stereocenters. The molecule has 1 aromatic heterocycles. The summed E-state index contributed by atoms with van der Waals surface area (Å²) in [5, 5.41) is 12.3. The highest BCUT2D eigenvalue weighted by molar-refractivity contribution is 8.18. The molecule has 8 nitrogen and oxygen atoms in total. The summed E-state index contributed by atoms with van der Waals surface area (Å²) < 4.78 is 7.49. The lowest BCUT2D eigenvalue weighted by molar-refractivity contribution is -0.384. The Bertz CT molecular complexity index is 1290. The molecule has 0 N–H and O–H groups in total. The van der Waals surface area contributed by atoms with Crippen molar-refractivity contribution in [3.05, 3.63) is 56.2 Å². The quantitative estimate of drug-likeness (QED) is 0.226. The number of methoxy groups -OCH3 is 1. The third kappa shape index (κ3) is 5.25. The van der Waals surface area contributed by atoms with Crippen molar-refractivity contribution in [2.24, 2.45) is 4.99 Å². The highest BCUT2D eigenvalue weighted by atomic mass is 32.2. The van der Waals surface area contributed by atoms with Crippen molar-refractivity contribution in [3.63, 3.8) is 0 Å². The van der Waals surface area contributed by atoms with Crippen LogP contribution in [0.4, 0.5) is 5.69 Å². The van der Waals surface area contributed by atoms with Gasteiger partial charge in [-0.3, -0.25) is 24.8 Å². The first-order valence-electron chi connectivity index (χ1n) is 13.7. The summed E-state index contributed by atoms with van der Waals surface area (Å²) in [6.45, 7) is 3.93. The maximum absolute atomic E-state index is 13.8. The van der Waals surface area contributed by atoms with E-state index in [1.807, 2.05) is 35.5 Å². The van der Waals surface area contributed by atoms with Crippen LogP contribution in [-0.4, -0.2) is 44.7 Å². The number of amidine groups is 1.